The Morgan fingerprint density at radius 2 is 1.64 bits per heavy atom. The van der Waals surface area contributed by atoms with Crippen molar-refractivity contribution < 1.29 is 19.1 Å². The second kappa shape index (κ2) is 11.2. The molecule has 0 radical (unpaired) electrons. The largest absolute Gasteiger partial charge is 0.490 e. The lowest BCUT2D eigenvalue weighted by Gasteiger charge is -2.39. The average molecular weight is 503 g/mol. The molecule has 3 aromatic rings. The number of thioether (sulfide) groups is 1. The van der Waals surface area contributed by atoms with Gasteiger partial charge in [0.1, 0.15) is 11.9 Å². The molecule has 7 heteroatoms. The zero-order chi connectivity index (χ0) is 24.9. The Morgan fingerprint density at radius 1 is 0.944 bits per heavy atom. The van der Waals surface area contributed by atoms with E-state index in [1.54, 1.807) is 37.0 Å². The summed E-state index contributed by atoms with van der Waals surface area (Å²) in [4.78, 5) is 31.7. The lowest BCUT2D eigenvalue weighted by Crippen LogP contribution is -2.49. The third-order valence-corrected chi connectivity index (χ3v) is 7.83. The maximum atomic E-state index is 13.4. The maximum Gasteiger partial charge on any atom is 0.338 e. The highest BCUT2D eigenvalue weighted by Gasteiger charge is 2.44. The molecule has 2 aliphatic rings. The van der Waals surface area contributed by atoms with Crippen molar-refractivity contribution >= 4 is 23.6 Å². The van der Waals surface area contributed by atoms with Crippen molar-refractivity contribution in [2.75, 3.05) is 6.61 Å². The van der Waals surface area contributed by atoms with Gasteiger partial charge in [-0.1, -0.05) is 18.2 Å². The van der Waals surface area contributed by atoms with Crippen LogP contribution in [0.1, 0.15) is 58.9 Å². The summed E-state index contributed by atoms with van der Waals surface area (Å²) in [6.45, 7) is 2.15. The number of ether oxygens (including phenoxy) is 2. The second-order valence-corrected chi connectivity index (χ2v) is 10.2. The van der Waals surface area contributed by atoms with Crippen molar-refractivity contribution in [1.82, 2.24) is 9.88 Å². The summed E-state index contributed by atoms with van der Waals surface area (Å²) in [5.41, 5.74) is 2.43. The van der Waals surface area contributed by atoms with Crippen LogP contribution in [0.25, 0.3) is 0 Å². The Hall–Kier alpha value is -3.32. The average Bonchev–Trinajstić information content (AvgIpc) is 3.18. The quantitative estimate of drug-likeness (QED) is 0.288. The van der Waals surface area contributed by atoms with Crippen LogP contribution in [0.5, 0.6) is 5.75 Å². The second-order valence-electron chi connectivity index (χ2n) is 9.21. The molecule has 3 heterocycles. The zero-order valence-corrected chi connectivity index (χ0v) is 21.2. The molecule has 2 unspecified atom stereocenters. The SMILES string of the molecule is CCOC(=O)c1ccc(OC2CC3CCC(C2)N3C(=O)c2ccc(CSc3ccccn3)cc2)cc1. The number of carbonyl (C=O) groups excluding carboxylic acids is 2. The van der Waals surface area contributed by atoms with Crippen LogP contribution >= 0.6 is 11.8 Å². The summed E-state index contributed by atoms with van der Waals surface area (Å²) >= 11 is 1.69. The van der Waals surface area contributed by atoms with Crippen LogP contribution in [0.15, 0.2) is 78.0 Å². The maximum absolute atomic E-state index is 13.4. The van der Waals surface area contributed by atoms with E-state index in [1.807, 2.05) is 54.6 Å². The number of carbonyl (C=O) groups is 2. The molecule has 2 atom stereocenters. The fourth-order valence-electron chi connectivity index (χ4n) is 5.11. The summed E-state index contributed by atoms with van der Waals surface area (Å²) in [6, 6.07) is 21.4. The van der Waals surface area contributed by atoms with E-state index in [-0.39, 0.29) is 30.1 Å². The van der Waals surface area contributed by atoms with E-state index in [2.05, 4.69) is 9.88 Å². The predicted molar refractivity (Wildman–Crippen MR) is 139 cm³/mol. The molecular formula is C29H30N2O4S. The minimum atomic E-state index is -0.325. The summed E-state index contributed by atoms with van der Waals surface area (Å²) < 4.78 is 11.3. The molecule has 0 saturated carbocycles. The summed E-state index contributed by atoms with van der Waals surface area (Å²) in [5, 5.41) is 0.995. The molecule has 2 fully saturated rings. The number of nitrogens with zero attached hydrogens (tertiary/aromatic N) is 2. The molecule has 0 N–H and O–H groups in total. The Bertz CT molecular complexity index is 1170. The molecule has 2 aromatic carbocycles. The summed E-state index contributed by atoms with van der Waals surface area (Å²) in [6.07, 6.45) is 5.52. The number of aromatic nitrogens is 1. The van der Waals surface area contributed by atoms with Gasteiger partial charge in [0.05, 0.1) is 17.2 Å². The van der Waals surface area contributed by atoms with Gasteiger partial charge in [-0.15, -0.1) is 11.8 Å². The summed E-state index contributed by atoms with van der Waals surface area (Å²) in [7, 11) is 0. The molecule has 2 saturated heterocycles. The Labute approximate surface area is 216 Å². The smallest absolute Gasteiger partial charge is 0.338 e. The Balaban J connectivity index is 1.17. The number of rotatable bonds is 8. The Kier molecular flexibility index (Phi) is 7.56. The highest BCUT2D eigenvalue weighted by atomic mass is 32.2. The molecule has 2 aliphatic heterocycles. The van der Waals surface area contributed by atoms with Crippen molar-refractivity contribution in [3.8, 4) is 5.75 Å². The van der Waals surface area contributed by atoms with E-state index in [1.165, 1.54) is 5.56 Å². The molecule has 36 heavy (non-hydrogen) atoms. The third kappa shape index (κ3) is 5.57. The van der Waals surface area contributed by atoms with Gasteiger partial charge in [0.15, 0.2) is 0 Å². The van der Waals surface area contributed by atoms with Gasteiger partial charge in [-0.3, -0.25) is 4.79 Å². The normalized spacial score (nSPS) is 20.7. The fourth-order valence-corrected chi connectivity index (χ4v) is 5.93. The molecule has 0 aliphatic carbocycles. The number of fused-ring (bicyclic) bond motifs is 2. The van der Waals surface area contributed by atoms with Crippen LogP contribution in [0.2, 0.25) is 0 Å². The molecule has 1 amide bonds. The van der Waals surface area contributed by atoms with E-state index in [0.717, 1.165) is 47.8 Å². The standard InChI is InChI=1S/C29H30N2O4S/c1-2-34-29(33)22-10-14-25(15-11-22)35-26-17-23-12-13-24(18-26)31(23)28(32)21-8-6-20(7-9-21)19-36-27-5-3-4-16-30-27/h3-11,14-16,23-24,26H,2,12-13,17-19H2,1H3. The first kappa shape index (κ1) is 24.4. The lowest BCUT2D eigenvalue weighted by molar-refractivity contribution is 0.0359. The first-order valence-electron chi connectivity index (χ1n) is 12.5. The summed E-state index contributed by atoms with van der Waals surface area (Å²) in [5.74, 6) is 1.35. The number of pyridine rings is 1. The lowest BCUT2D eigenvalue weighted by atomic mass is 9.98. The Morgan fingerprint density at radius 3 is 2.28 bits per heavy atom. The minimum Gasteiger partial charge on any atom is -0.490 e. The number of hydrogen-bond donors (Lipinski definition) is 0. The van der Waals surface area contributed by atoms with Gasteiger partial charge in [0, 0.05) is 42.4 Å². The van der Waals surface area contributed by atoms with E-state index < -0.39 is 0 Å². The predicted octanol–water partition coefficient (Wildman–Crippen LogP) is 5.77. The van der Waals surface area contributed by atoms with Gasteiger partial charge < -0.3 is 14.4 Å². The highest BCUT2D eigenvalue weighted by Crippen LogP contribution is 2.38. The van der Waals surface area contributed by atoms with Crippen molar-refractivity contribution in [3.05, 3.63) is 89.6 Å². The molecule has 5 rings (SSSR count). The van der Waals surface area contributed by atoms with Crippen LogP contribution in [-0.2, 0) is 10.5 Å². The van der Waals surface area contributed by atoms with Crippen LogP contribution in [0.4, 0.5) is 0 Å². The monoisotopic (exact) mass is 502 g/mol. The van der Waals surface area contributed by atoms with Gasteiger partial charge in [-0.2, -0.15) is 0 Å². The number of hydrogen-bond acceptors (Lipinski definition) is 6. The van der Waals surface area contributed by atoms with Gasteiger partial charge >= 0.3 is 5.97 Å². The number of benzene rings is 2. The minimum absolute atomic E-state index is 0.0611. The number of amides is 1. The van der Waals surface area contributed by atoms with Crippen molar-refractivity contribution in [3.63, 3.8) is 0 Å². The zero-order valence-electron chi connectivity index (χ0n) is 20.3. The van der Waals surface area contributed by atoms with Crippen molar-refractivity contribution in [1.29, 1.82) is 0 Å². The van der Waals surface area contributed by atoms with E-state index in [9.17, 15) is 9.59 Å². The number of esters is 1. The number of piperidine rings is 1. The van der Waals surface area contributed by atoms with Crippen LogP contribution in [0, 0.1) is 0 Å². The first-order valence-corrected chi connectivity index (χ1v) is 13.5. The molecule has 186 valence electrons. The molecule has 2 bridgehead atoms. The van der Waals surface area contributed by atoms with Crippen LogP contribution in [-0.4, -0.2) is 46.6 Å². The van der Waals surface area contributed by atoms with Crippen molar-refractivity contribution in [2.45, 2.75) is 61.6 Å². The first-order chi connectivity index (χ1) is 17.6. The van der Waals surface area contributed by atoms with E-state index in [4.69, 9.17) is 9.47 Å². The fraction of sp³-hybridized carbons (Fsp3) is 0.345. The van der Waals surface area contributed by atoms with Gasteiger partial charge in [-0.05, 0) is 73.9 Å². The molecule has 1 aromatic heterocycles. The van der Waals surface area contributed by atoms with Crippen LogP contribution in [0.3, 0.4) is 0 Å². The van der Waals surface area contributed by atoms with Gasteiger partial charge in [0.2, 0.25) is 0 Å². The highest BCUT2D eigenvalue weighted by molar-refractivity contribution is 7.98. The van der Waals surface area contributed by atoms with Crippen molar-refractivity contribution in [2.24, 2.45) is 0 Å². The molecule has 6 nitrogen and oxygen atoms in total. The van der Waals surface area contributed by atoms with Crippen LogP contribution < -0.4 is 4.74 Å². The van der Waals surface area contributed by atoms with Gasteiger partial charge in [0.25, 0.3) is 5.91 Å². The molecular weight excluding hydrogens is 472 g/mol. The van der Waals surface area contributed by atoms with Gasteiger partial charge in [-0.25, -0.2) is 9.78 Å². The van der Waals surface area contributed by atoms with E-state index >= 15 is 0 Å². The van der Waals surface area contributed by atoms with E-state index in [0.29, 0.717) is 12.2 Å². The third-order valence-electron chi connectivity index (χ3n) is 6.82. The molecule has 0 spiro atoms. The topological polar surface area (TPSA) is 68.7 Å².